The highest BCUT2D eigenvalue weighted by Gasteiger charge is 2.34. The smallest absolute Gasteiger partial charge is 0.327 e. The summed E-state index contributed by atoms with van der Waals surface area (Å²) in [5, 5.41) is 12.4. The van der Waals surface area contributed by atoms with Crippen LogP contribution in [0.4, 0.5) is 0 Å². The van der Waals surface area contributed by atoms with Gasteiger partial charge in [0.25, 0.3) is 0 Å². The molecule has 0 saturated heterocycles. The van der Waals surface area contributed by atoms with E-state index >= 15 is 0 Å². The SMILES string of the molecule is Cc1cc(OCC(C)(NC(C)C)C(=O)O)ccc1C(C)C. The Bertz CT molecular complexity index is 497. The quantitative estimate of drug-likeness (QED) is 0.809. The van der Waals surface area contributed by atoms with E-state index in [1.807, 2.05) is 39.0 Å². The molecule has 0 bridgehead atoms. The molecule has 0 aliphatic carbocycles. The first kappa shape index (κ1) is 17.5. The van der Waals surface area contributed by atoms with E-state index in [2.05, 4.69) is 19.2 Å². The third-order valence-electron chi connectivity index (χ3n) is 3.47. The second-order valence-electron chi connectivity index (χ2n) is 6.40. The molecule has 0 saturated carbocycles. The molecule has 1 aromatic rings. The number of aliphatic carboxylic acids is 1. The lowest BCUT2D eigenvalue weighted by molar-refractivity contribution is -0.145. The van der Waals surface area contributed by atoms with Crippen LogP contribution >= 0.6 is 0 Å². The van der Waals surface area contributed by atoms with Crippen LogP contribution in [0.1, 0.15) is 51.7 Å². The molecule has 2 N–H and O–H groups in total. The highest BCUT2D eigenvalue weighted by Crippen LogP contribution is 2.24. The number of nitrogens with one attached hydrogen (secondary N) is 1. The largest absolute Gasteiger partial charge is 0.491 e. The van der Waals surface area contributed by atoms with Gasteiger partial charge in [-0.05, 0) is 56.9 Å². The van der Waals surface area contributed by atoms with E-state index in [1.165, 1.54) is 5.56 Å². The standard InChI is InChI=1S/C17H27NO3/c1-11(2)15-8-7-14(9-13(15)5)21-10-17(6,16(19)20)18-12(3)4/h7-9,11-12,18H,10H2,1-6H3,(H,19,20). The third-order valence-corrected chi connectivity index (χ3v) is 3.47. The van der Waals surface area contributed by atoms with E-state index in [0.717, 1.165) is 5.56 Å². The van der Waals surface area contributed by atoms with Gasteiger partial charge >= 0.3 is 5.97 Å². The maximum absolute atomic E-state index is 11.4. The van der Waals surface area contributed by atoms with E-state index in [-0.39, 0.29) is 12.6 Å². The topological polar surface area (TPSA) is 58.6 Å². The number of carboxylic acids is 1. The summed E-state index contributed by atoms with van der Waals surface area (Å²) < 4.78 is 5.71. The van der Waals surface area contributed by atoms with Crippen LogP contribution in [0.5, 0.6) is 5.75 Å². The van der Waals surface area contributed by atoms with Gasteiger partial charge in [-0.2, -0.15) is 0 Å². The molecule has 1 aromatic carbocycles. The van der Waals surface area contributed by atoms with Crippen molar-refractivity contribution in [3.05, 3.63) is 29.3 Å². The first-order chi connectivity index (χ1) is 9.65. The van der Waals surface area contributed by atoms with Gasteiger partial charge in [-0.1, -0.05) is 19.9 Å². The molecule has 4 heteroatoms. The number of hydrogen-bond acceptors (Lipinski definition) is 3. The Morgan fingerprint density at radius 1 is 1.33 bits per heavy atom. The molecule has 0 amide bonds. The summed E-state index contributed by atoms with van der Waals surface area (Å²) in [5.41, 5.74) is 1.35. The predicted octanol–water partition coefficient (Wildman–Crippen LogP) is 3.34. The monoisotopic (exact) mass is 293 g/mol. The van der Waals surface area contributed by atoms with Gasteiger partial charge in [0.15, 0.2) is 0 Å². The lowest BCUT2D eigenvalue weighted by atomic mass is 9.98. The van der Waals surface area contributed by atoms with E-state index in [4.69, 9.17) is 4.74 Å². The Kier molecular flexibility index (Phi) is 5.78. The maximum Gasteiger partial charge on any atom is 0.327 e. The second kappa shape index (κ2) is 6.94. The Hall–Kier alpha value is -1.55. The molecule has 0 heterocycles. The van der Waals surface area contributed by atoms with Gasteiger partial charge in [-0.15, -0.1) is 0 Å². The minimum atomic E-state index is -1.10. The van der Waals surface area contributed by atoms with Crippen molar-refractivity contribution in [3.63, 3.8) is 0 Å². The summed E-state index contributed by atoms with van der Waals surface area (Å²) in [5.74, 6) is 0.257. The fourth-order valence-electron chi connectivity index (χ4n) is 2.42. The minimum Gasteiger partial charge on any atom is -0.491 e. The summed E-state index contributed by atoms with van der Waals surface area (Å²) in [6.07, 6.45) is 0. The average molecular weight is 293 g/mol. The van der Waals surface area contributed by atoms with Crippen LogP contribution in [0, 0.1) is 6.92 Å². The van der Waals surface area contributed by atoms with Crippen LogP contribution in [0.2, 0.25) is 0 Å². The number of carbonyl (C=O) groups is 1. The summed E-state index contributed by atoms with van der Waals surface area (Å²) in [4.78, 5) is 11.4. The van der Waals surface area contributed by atoms with Crippen LogP contribution in [0.3, 0.4) is 0 Å². The number of benzene rings is 1. The molecule has 0 fully saturated rings. The van der Waals surface area contributed by atoms with Gasteiger partial charge in [0.05, 0.1) is 0 Å². The van der Waals surface area contributed by atoms with Crippen molar-refractivity contribution >= 4 is 5.97 Å². The molecule has 0 aliphatic heterocycles. The molecular formula is C17H27NO3. The average Bonchev–Trinajstić information content (AvgIpc) is 2.35. The normalized spacial score (nSPS) is 14.3. The highest BCUT2D eigenvalue weighted by molar-refractivity contribution is 5.78. The van der Waals surface area contributed by atoms with Crippen molar-refractivity contribution in [1.82, 2.24) is 5.32 Å². The van der Waals surface area contributed by atoms with Crippen LogP contribution in [-0.2, 0) is 4.79 Å². The van der Waals surface area contributed by atoms with E-state index < -0.39 is 11.5 Å². The van der Waals surface area contributed by atoms with Crippen LogP contribution in [-0.4, -0.2) is 29.3 Å². The fraction of sp³-hybridized carbons (Fsp3) is 0.588. The van der Waals surface area contributed by atoms with Crippen molar-refractivity contribution in [2.24, 2.45) is 0 Å². The summed E-state index contributed by atoms with van der Waals surface area (Å²) in [7, 11) is 0. The zero-order valence-electron chi connectivity index (χ0n) is 13.9. The Labute approximate surface area is 127 Å². The summed E-state index contributed by atoms with van der Waals surface area (Å²) >= 11 is 0. The molecule has 1 unspecified atom stereocenters. The minimum absolute atomic E-state index is 0.0692. The number of rotatable bonds is 7. The van der Waals surface area contributed by atoms with Crippen molar-refractivity contribution in [2.45, 2.75) is 59.0 Å². The number of carboxylic acid groups (broad SMARTS) is 1. The zero-order chi connectivity index (χ0) is 16.2. The van der Waals surface area contributed by atoms with Gasteiger partial charge in [0, 0.05) is 6.04 Å². The number of hydrogen-bond donors (Lipinski definition) is 2. The van der Waals surface area contributed by atoms with Gasteiger partial charge < -0.3 is 9.84 Å². The summed E-state index contributed by atoms with van der Waals surface area (Å²) in [6, 6.07) is 5.98. The molecule has 1 rings (SSSR count). The van der Waals surface area contributed by atoms with Gasteiger partial charge in [-0.25, -0.2) is 0 Å². The first-order valence-electron chi connectivity index (χ1n) is 7.40. The van der Waals surface area contributed by atoms with Crippen molar-refractivity contribution in [1.29, 1.82) is 0 Å². The van der Waals surface area contributed by atoms with Gasteiger partial charge in [-0.3, -0.25) is 10.1 Å². The Morgan fingerprint density at radius 2 is 1.95 bits per heavy atom. The van der Waals surface area contributed by atoms with Gasteiger partial charge in [0.1, 0.15) is 17.9 Å². The first-order valence-corrected chi connectivity index (χ1v) is 7.40. The summed E-state index contributed by atoms with van der Waals surface area (Å²) in [6.45, 7) is 11.9. The molecule has 118 valence electrons. The molecular weight excluding hydrogens is 266 g/mol. The highest BCUT2D eigenvalue weighted by atomic mass is 16.5. The van der Waals surface area contributed by atoms with E-state index in [1.54, 1.807) is 6.92 Å². The van der Waals surface area contributed by atoms with E-state index in [0.29, 0.717) is 11.7 Å². The van der Waals surface area contributed by atoms with E-state index in [9.17, 15) is 9.90 Å². The zero-order valence-corrected chi connectivity index (χ0v) is 13.9. The van der Waals surface area contributed by atoms with Crippen LogP contribution in [0.15, 0.2) is 18.2 Å². The Morgan fingerprint density at radius 3 is 2.38 bits per heavy atom. The molecule has 0 spiro atoms. The molecule has 0 aromatic heterocycles. The lowest BCUT2D eigenvalue weighted by Gasteiger charge is -2.28. The lowest BCUT2D eigenvalue weighted by Crippen LogP contribution is -2.56. The molecule has 0 radical (unpaired) electrons. The van der Waals surface area contributed by atoms with Gasteiger partial charge in [0.2, 0.25) is 0 Å². The molecule has 1 atom stereocenters. The maximum atomic E-state index is 11.4. The van der Waals surface area contributed by atoms with Crippen LogP contribution < -0.4 is 10.1 Å². The Balaban J connectivity index is 2.81. The number of ether oxygens (including phenoxy) is 1. The predicted molar refractivity (Wildman–Crippen MR) is 85.1 cm³/mol. The number of aryl methyl sites for hydroxylation is 1. The van der Waals surface area contributed by atoms with Crippen molar-refractivity contribution in [3.8, 4) is 5.75 Å². The van der Waals surface area contributed by atoms with Crippen molar-refractivity contribution in [2.75, 3.05) is 6.61 Å². The molecule has 4 nitrogen and oxygen atoms in total. The molecule has 21 heavy (non-hydrogen) atoms. The second-order valence-corrected chi connectivity index (χ2v) is 6.40. The molecule has 0 aliphatic rings. The van der Waals surface area contributed by atoms with Crippen molar-refractivity contribution < 1.29 is 14.6 Å². The fourth-order valence-corrected chi connectivity index (χ4v) is 2.42. The van der Waals surface area contributed by atoms with Crippen LogP contribution in [0.25, 0.3) is 0 Å². The third kappa shape index (κ3) is 4.74.